The first-order valence-electron chi connectivity index (χ1n) is 9.21. The Kier molecular flexibility index (Phi) is 5.29. The predicted octanol–water partition coefficient (Wildman–Crippen LogP) is 5.31. The van der Waals surface area contributed by atoms with Gasteiger partial charge in [0.2, 0.25) is 0 Å². The molecule has 0 unspecified atom stereocenters. The van der Waals surface area contributed by atoms with Gasteiger partial charge in [0.15, 0.2) is 0 Å². The molecule has 1 N–H and O–H groups in total. The monoisotopic (exact) mass is 381 g/mol. The maximum Gasteiger partial charge on any atom is 0.272 e. The average molecular weight is 381 g/mol. The van der Waals surface area contributed by atoms with Gasteiger partial charge in [0, 0.05) is 10.9 Å². The van der Waals surface area contributed by atoms with Gasteiger partial charge in [-0.3, -0.25) is 4.79 Å². The van der Waals surface area contributed by atoms with Gasteiger partial charge in [-0.15, -0.1) is 0 Å². The van der Waals surface area contributed by atoms with Crippen LogP contribution in [-0.4, -0.2) is 17.1 Å². The van der Waals surface area contributed by atoms with Crippen molar-refractivity contribution in [3.8, 4) is 11.3 Å². The Balaban J connectivity index is 1.62. The van der Waals surface area contributed by atoms with E-state index in [0.717, 1.165) is 33.5 Å². The fourth-order valence-corrected chi connectivity index (χ4v) is 3.01. The van der Waals surface area contributed by atoms with Gasteiger partial charge in [0.05, 0.1) is 29.3 Å². The second-order valence-corrected chi connectivity index (χ2v) is 6.54. The first-order valence-corrected chi connectivity index (χ1v) is 9.21. The van der Waals surface area contributed by atoms with Crippen LogP contribution in [0.1, 0.15) is 23.0 Å². The van der Waals surface area contributed by atoms with Crippen molar-refractivity contribution in [2.75, 3.05) is 0 Å². The van der Waals surface area contributed by atoms with Gasteiger partial charge in [-0.1, -0.05) is 48.5 Å². The van der Waals surface area contributed by atoms with Crippen molar-refractivity contribution >= 4 is 29.1 Å². The fraction of sp³-hybridized carbons (Fsp3) is 0.0417. The lowest BCUT2D eigenvalue weighted by Crippen LogP contribution is -2.18. The van der Waals surface area contributed by atoms with Crippen LogP contribution in [0.3, 0.4) is 0 Å². The molecule has 0 aliphatic rings. The van der Waals surface area contributed by atoms with E-state index in [-0.39, 0.29) is 5.91 Å². The van der Waals surface area contributed by atoms with E-state index >= 15 is 0 Å². The number of aromatic nitrogens is 1. The molecule has 1 amide bonds. The van der Waals surface area contributed by atoms with Crippen LogP contribution in [0.5, 0.6) is 0 Å². The number of hydrogen-bond acceptors (Lipinski definition) is 4. The molecule has 0 radical (unpaired) electrons. The number of hydrogen-bond donors (Lipinski definition) is 1. The SMILES string of the molecule is CC(/C=N/NC(=O)c1cc(-c2ccccc2)nc2ccccc12)=C\c1ccco1. The van der Waals surface area contributed by atoms with E-state index in [0.29, 0.717) is 5.56 Å². The van der Waals surface area contributed by atoms with E-state index in [4.69, 9.17) is 9.40 Å². The number of hydrazone groups is 1. The van der Waals surface area contributed by atoms with Crippen LogP contribution in [-0.2, 0) is 0 Å². The van der Waals surface area contributed by atoms with Crippen molar-refractivity contribution in [1.29, 1.82) is 0 Å². The number of pyridine rings is 1. The molecule has 2 aromatic carbocycles. The molecule has 0 aliphatic carbocycles. The molecule has 29 heavy (non-hydrogen) atoms. The molecule has 0 fully saturated rings. The average Bonchev–Trinajstić information content (AvgIpc) is 3.26. The van der Waals surface area contributed by atoms with Crippen molar-refractivity contribution in [3.05, 3.63) is 96.0 Å². The molecule has 142 valence electrons. The summed E-state index contributed by atoms with van der Waals surface area (Å²) in [7, 11) is 0. The summed E-state index contributed by atoms with van der Waals surface area (Å²) >= 11 is 0. The zero-order valence-corrected chi connectivity index (χ0v) is 15.9. The van der Waals surface area contributed by atoms with Crippen molar-refractivity contribution in [3.63, 3.8) is 0 Å². The number of rotatable bonds is 5. The summed E-state index contributed by atoms with van der Waals surface area (Å²) in [6.07, 6.45) is 5.03. The molecular formula is C24H19N3O2. The molecular weight excluding hydrogens is 362 g/mol. The maximum atomic E-state index is 12.9. The zero-order chi connectivity index (χ0) is 20.1. The van der Waals surface area contributed by atoms with Crippen LogP contribution < -0.4 is 5.43 Å². The van der Waals surface area contributed by atoms with Gasteiger partial charge in [-0.2, -0.15) is 5.10 Å². The Morgan fingerprint density at radius 1 is 1.03 bits per heavy atom. The minimum Gasteiger partial charge on any atom is -0.465 e. The van der Waals surface area contributed by atoms with E-state index in [2.05, 4.69) is 10.5 Å². The minimum atomic E-state index is -0.289. The molecule has 2 aromatic heterocycles. The van der Waals surface area contributed by atoms with Crippen molar-refractivity contribution in [2.45, 2.75) is 6.92 Å². The highest BCUT2D eigenvalue weighted by Gasteiger charge is 2.13. The van der Waals surface area contributed by atoms with E-state index < -0.39 is 0 Å². The van der Waals surface area contributed by atoms with E-state index in [1.165, 1.54) is 0 Å². The lowest BCUT2D eigenvalue weighted by Gasteiger charge is -2.09. The van der Waals surface area contributed by atoms with Crippen LogP contribution in [0, 0.1) is 0 Å². The Morgan fingerprint density at radius 2 is 1.83 bits per heavy atom. The molecule has 2 heterocycles. The number of nitrogens with zero attached hydrogens (tertiary/aromatic N) is 2. The molecule has 0 spiro atoms. The molecule has 4 aromatic rings. The van der Waals surface area contributed by atoms with Crippen LogP contribution >= 0.6 is 0 Å². The molecule has 5 nitrogen and oxygen atoms in total. The van der Waals surface area contributed by atoms with Crippen molar-refractivity contribution < 1.29 is 9.21 Å². The minimum absolute atomic E-state index is 0.289. The smallest absolute Gasteiger partial charge is 0.272 e. The highest BCUT2D eigenvalue weighted by Crippen LogP contribution is 2.24. The highest BCUT2D eigenvalue weighted by molar-refractivity contribution is 6.07. The zero-order valence-electron chi connectivity index (χ0n) is 15.9. The van der Waals surface area contributed by atoms with Crippen LogP contribution in [0.4, 0.5) is 0 Å². The topological polar surface area (TPSA) is 67.5 Å². The summed E-state index contributed by atoms with van der Waals surface area (Å²) in [6, 6.07) is 22.8. The Morgan fingerprint density at radius 3 is 2.62 bits per heavy atom. The third-order valence-corrected chi connectivity index (χ3v) is 4.38. The summed E-state index contributed by atoms with van der Waals surface area (Å²) in [4.78, 5) is 17.6. The standard InChI is InChI=1S/C24H19N3O2/c1-17(14-19-10-7-13-29-19)16-25-27-24(28)21-15-23(18-8-3-2-4-9-18)26-22-12-6-5-11-20(21)22/h2-16H,1H3,(H,27,28)/b17-14+,25-16+. The highest BCUT2D eigenvalue weighted by atomic mass is 16.3. The van der Waals surface area contributed by atoms with Crippen molar-refractivity contribution in [2.24, 2.45) is 5.10 Å². The predicted molar refractivity (Wildman–Crippen MR) is 115 cm³/mol. The van der Waals surface area contributed by atoms with Crippen LogP contribution in [0.15, 0.2) is 94.2 Å². The number of nitrogens with one attached hydrogen (secondary N) is 1. The number of allylic oxidation sites excluding steroid dienone is 1. The summed E-state index contributed by atoms with van der Waals surface area (Å²) in [5.41, 5.74) is 6.45. The van der Waals surface area contributed by atoms with Gasteiger partial charge < -0.3 is 4.42 Å². The first kappa shape index (κ1) is 18.4. The molecule has 0 atom stereocenters. The summed E-state index contributed by atoms with van der Waals surface area (Å²) < 4.78 is 5.27. The Bertz CT molecular complexity index is 1190. The van der Waals surface area contributed by atoms with E-state index in [1.807, 2.05) is 79.7 Å². The normalized spacial score (nSPS) is 11.8. The molecule has 0 aliphatic heterocycles. The summed E-state index contributed by atoms with van der Waals surface area (Å²) in [6.45, 7) is 1.88. The Hall–Kier alpha value is -3.99. The summed E-state index contributed by atoms with van der Waals surface area (Å²) in [5, 5.41) is 4.86. The number of amides is 1. The van der Waals surface area contributed by atoms with Crippen LogP contribution in [0.2, 0.25) is 0 Å². The quantitative estimate of drug-likeness (QED) is 0.376. The van der Waals surface area contributed by atoms with Gasteiger partial charge in [0.1, 0.15) is 5.76 Å². The third kappa shape index (κ3) is 4.30. The molecule has 5 heteroatoms. The molecule has 0 saturated carbocycles. The Labute approximate surface area is 168 Å². The molecule has 0 bridgehead atoms. The summed E-state index contributed by atoms with van der Waals surface area (Å²) in [5.74, 6) is 0.440. The number of fused-ring (bicyclic) bond motifs is 1. The van der Waals surface area contributed by atoms with Crippen LogP contribution in [0.25, 0.3) is 28.2 Å². The van der Waals surface area contributed by atoms with Gasteiger partial charge in [-0.25, -0.2) is 10.4 Å². The second-order valence-electron chi connectivity index (χ2n) is 6.54. The first-order chi connectivity index (χ1) is 14.2. The third-order valence-electron chi connectivity index (χ3n) is 4.38. The van der Waals surface area contributed by atoms with E-state index in [1.54, 1.807) is 18.5 Å². The van der Waals surface area contributed by atoms with Crippen molar-refractivity contribution in [1.82, 2.24) is 10.4 Å². The fourth-order valence-electron chi connectivity index (χ4n) is 3.01. The van der Waals surface area contributed by atoms with E-state index in [9.17, 15) is 4.79 Å². The second kappa shape index (κ2) is 8.35. The molecule has 0 saturated heterocycles. The maximum absolute atomic E-state index is 12.9. The number of carbonyl (C=O) groups excluding carboxylic acids is 1. The number of carbonyl (C=O) groups is 1. The van der Waals surface area contributed by atoms with Gasteiger partial charge >= 0.3 is 0 Å². The van der Waals surface area contributed by atoms with Gasteiger partial charge in [0.25, 0.3) is 5.91 Å². The number of benzene rings is 2. The lowest BCUT2D eigenvalue weighted by atomic mass is 10.0. The largest absolute Gasteiger partial charge is 0.465 e. The number of furan rings is 1. The van der Waals surface area contributed by atoms with Gasteiger partial charge in [-0.05, 0) is 42.8 Å². The number of para-hydroxylation sites is 1. The lowest BCUT2D eigenvalue weighted by molar-refractivity contribution is 0.0956. The molecule has 4 rings (SSSR count).